The third-order valence-electron chi connectivity index (χ3n) is 8.70. The molecule has 0 radical (unpaired) electrons. The molecule has 5 N–H and O–H groups in total. The number of rotatable bonds is 14. The molecule has 14 heteroatoms. The van der Waals surface area contributed by atoms with E-state index < -0.39 is 12.1 Å². The molecule has 1 amide bonds. The normalized spacial score (nSPS) is 16.4. The van der Waals surface area contributed by atoms with Crippen molar-refractivity contribution in [2.75, 3.05) is 32.1 Å². The van der Waals surface area contributed by atoms with E-state index in [2.05, 4.69) is 25.5 Å². The van der Waals surface area contributed by atoms with Gasteiger partial charge in [0.2, 0.25) is 11.8 Å². The summed E-state index contributed by atoms with van der Waals surface area (Å²) in [7, 11) is 1.48. The number of pyridine rings is 2. The Morgan fingerprint density at radius 1 is 1.08 bits per heavy atom. The number of methoxy groups -OCH3 is 1. The molecular formula is C36H37Cl2N5O7. The number of aromatic nitrogens is 2. The number of aliphatic hydroxyl groups excluding tert-OH is 2. The molecule has 2 aromatic heterocycles. The van der Waals surface area contributed by atoms with Crippen LogP contribution in [0.3, 0.4) is 0 Å². The zero-order chi connectivity index (χ0) is 35.4. The van der Waals surface area contributed by atoms with Crippen LogP contribution in [-0.2, 0) is 24.3 Å². The van der Waals surface area contributed by atoms with Gasteiger partial charge in [-0.25, -0.2) is 4.98 Å². The highest BCUT2D eigenvalue weighted by Gasteiger charge is 2.29. The molecule has 4 aromatic rings. The predicted molar refractivity (Wildman–Crippen MR) is 188 cm³/mol. The third kappa shape index (κ3) is 8.18. The maximum atomic E-state index is 13.3. The van der Waals surface area contributed by atoms with Gasteiger partial charge >= 0.3 is 5.97 Å². The highest BCUT2D eigenvalue weighted by Crippen LogP contribution is 2.43. The quantitative estimate of drug-likeness (QED) is 0.120. The van der Waals surface area contributed by atoms with Crippen LogP contribution >= 0.6 is 23.2 Å². The number of hydrogen-bond acceptors (Lipinski definition) is 10. The van der Waals surface area contributed by atoms with Gasteiger partial charge < -0.3 is 35.4 Å². The average Bonchev–Trinajstić information content (AvgIpc) is 3.48. The van der Waals surface area contributed by atoms with E-state index in [9.17, 15) is 19.8 Å². The second kappa shape index (κ2) is 15.7. The molecule has 0 bridgehead atoms. The summed E-state index contributed by atoms with van der Waals surface area (Å²) in [5.41, 5.74) is 5.56. The lowest BCUT2D eigenvalue weighted by atomic mass is 9.95. The number of carboxylic acid groups (broad SMARTS) is 1. The van der Waals surface area contributed by atoms with E-state index in [-0.39, 0.29) is 54.4 Å². The molecule has 3 heterocycles. The molecule has 1 fully saturated rings. The monoisotopic (exact) mass is 721 g/mol. The van der Waals surface area contributed by atoms with Crippen molar-refractivity contribution in [1.29, 1.82) is 0 Å². The zero-order valence-electron chi connectivity index (χ0n) is 27.2. The molecule has 2 aliphatic rings. The fraction of sp³-hybridized carbons (Fsp3) is 0.333. The van der Waals surface area contributed by atoms with Crippen LogP contribution in [0, 0.1) is 0 Å². The van der Waals surface area contributed by atoms with Gasteiger partial charge in [0, 0.05) is 50.0 Å². The van der Waals surface area contributed by atoms with Gasteiger partial charge in [-0.15, -0.1) is 0 Å². The summed E-state index contributed by atoms with van der Waals surface area (Å²) in [6.07, 6.45) is 1.06. The van der Waals surface area contributed by atoms with Crippen LogP contribution in [0.4, 0.5) is 5.82 Å². The first-order valence-electron chi connectivity index (χ1n) is 16.2. The summed E-state index contributed by atoms with van der Waals surface area (Å²) in [5.74, 6) is -0.551. The topological polar surface area (TPSA) is 166 Å². The van der Waals surface area contributed by atoms with Gasteiger partial charge in [0.05, 0.1) is 36.3 Å². The molecule has 1 saturated heterocycles. The number of fused-ring (bicyclic) bond motifs is 1. The number of ether oxygens (including phenoxy) is 2. The highest BCUT2D eigenvalue weighted by molar-refractivity contribution is 6.37. The average molecular weight is 723 g/mol. The first-order chi connectivity index (χ1) is 24.1. The summed E-state index contributed by atoms with van der Waals surface area (Å²) in [4.78, 5) is 35.2. The number of β-amino-alcohol motifs (C(OH)–C–C–N with tert-alkyl or cyclic N) is 1. The van der Waals surface area contributed by atoms with E-state index in [0.29, 0.717) is 54.4 Å². The van der Waals surface area contributed by atoms with Crippen LogP contribution < -0.4 is 20.1 Å². The van der Waals surface area contributed by atoms with Crippen molar-refractivity contribution < 1.29 is 34.4 Å². The highest BCUT2D eigenvalue weighted by atomic mass is 35.5. The summed E-state index contributed by atoms with van der Waals surface area (Å²) in [6, 6.07) is 16.6. The maximum Gasteiger partial charge on any atom is 0.306 e. The molecule has 50 heavy (non-hydrogen) atoms. The zero-order valence-corrected chi connectivity index (χ0v) is 28.7. The number of hydrogen-bond donors (Lipinski definition) is 5. The summed E-state index contributed by atoms with van der Waals surface area (Å²) < 4.78 is 11.8. The summed E-state index contributed by atoms with van der Waals surface area (Å²) >= 11 is 13.5. The minimum atomic E-state index is -1.08. The first kappa shape index (κ1) is 35.5. The van der Waals surface area contributed by atoms with Gasteiger partial charge in [-0.3, -0.25) is 14.5 Å². The molecule has 1 aliphatic heterocycles. The first-order valence-corrected chi connectivity index (χ1v) is 16.9. The smallest absolute Gasteiger partial charge is 0.306 e. The lowest BCUT2D eigenvalue weighted by Gasteiger charge is -2.35. The molecular weight excluding hydrogens is 685 g/mol. The van der Waals surface area contributed by atoms with Gasteiger partial charge in [-0.2, -0.15) is 4.98 Å². The molecule has 0 spiro atoms. The van der Waals surface area contributed by atoms with Crippen molar-refractivity contribution >= 4 is 40.9 Å². The Kier molecular flexibility index (Phi) is 11.2. The van der Waals surface area contributed by atoms with Crippen molar-refractivity contribution in [3.05, 3.63) is 98.7 Å². The number of nitrogens with zero attached hydrogens (tertiary/aromatic N) is 3. The second-order valence-electron chi connectivity index (χ2n) is 12.4. The van der Waals surface area contributed by atoms with Gasteiger partial charge in [0.25, 0.3) is 5.91 Å². The van der Waals surface area contributed by atoms with Gasteiger partial charge in [-0.05, 0) is 53.3 Å². The molecule has 2 aromatic carbocycles. The van der Waals surface area contributed by atoms with E-state index >= 15 is 0 Å². The number of nitrogens with one attached hydrogen (secondary N) is 2. The van der Waals surface area contributed by atoms with E-state index in [1.165, 1.54) is 7.11 Å². The Hall–Kier alpha value is -4.30. The van der Waals surface area contributed by atoms with Crippen LogP contribution in [0.25, 0.3) is 11.1 Å². The standard InChI is InChI=1S/C36H37Cl2N5O7/c1-49-35-21(15-39-16-22(44)13-32(46)47)12-29(37)36(42-35)50-30-10-9-25-24(4-2-5-26(25)30)27-6-3-7-28(33(27)38)34(48)41-31-11-8-20(14-40-31)17-43-18-23(45)19-43/h2-8,11-12,14,22-23,30,39,44-45H,9-10,13,15-19H2,1H3,(H,46,47)(H,40,41,48)/t22-,30-/m0/s1. The fourth-order valence-electron chi connectivity index (χ4n) is 6.27. The number of anilines is 1. The maximum absolute atomic E-state index is 13.3. The second-order valence-corrected chi connectivity index (χ2v) is 13.2. The molecule has 1 aliphatic carbocycles. The fourth-order valence-corrected chi connectivity index (χ4v) is 6.81. The molecule has 0 saturated carbocycles. The van der Waals surface area contributed by atoms with Gasteiger partial charge in [0.15, 0.2) is 0 Å². The Morgan fingerprint density at radius 2 is 1.86 bits per heavy atom. The number of carbonyl (C=O) groups excluding carboxylic acids is 1. The molecule has 262 valence electrons. The van der Waals surface area contributed by atoms with E-state index in [0.717, 1.165) is 27.8 Å². The number of halogens is 2. The van der Waals surface area contributed by atoms with Crippen LogP contribution in [-0.4, -0.2) is 81.0 Å². The van der Waals surface area contributed by atoms with Crippen molar-refractivity contribution in [3.63, 3.8) is 0 Å². The van der Waals surface area contributed by atoms with E-state index in [1.54, 1.807) is 30.5 Å². The summed E-state index contributed by atoms with van der Waals surface area (Å²) in [5, 5.41) is 34.6. The third-order valence-corrected chi connectivity index (χ3v) is 9.37. The Labute approximate surface area is 299 Å². The van der Waals surface area contributed by atoms with Crippen LogP contribution in [0.15, 0.2) is 60.8 Å². The number of aliphatic hydroxyl groups is 2. The largest absolute Gasteiger partial charge is 0.481 e. The number of aliphatic carboxylic acids is 1. The Balaban J connectivity index is 1.14. The number of benzene rings is 2. The number of likely N-dealkylation sites (tertiary alicyclic amines) is 1. The number of carboxylic acids is 1. The van der Waals surface area contributed by atoms with Crippen molar-refractivity contribution in [2.24, 2.45) is 0 Å². The molecule has 0 unspecified atom stereocenters. The van der Waals surface area contributed by atoms with Crippen molar-refractivity contribution in [1.82, 2.24) is 20.2 Å². The van der Waals surface area contributed by atoms with Crippen molar-refractivity contribution in [3.8, 4) is 22.9 Å². The van der Waals surface area contributed by atoms with Crippen molar-refractivity contribution in [2.45, 2.75) is 50.7 Å². The van der Waals surface area contributed by atoms with Crippen LogP contribution in [0.5, 0.6) is 11.8 Å². The van der Waals surface area contributed by atoms with Gasteiger partial charge in [-0.1, -0.05) is 59.6 Å². The minimum Gasteiger partial charge on any atom is -0.481 e. The van der Waals surface area contributed by atoms with E-state index in [4.69, 9.17) is 37.8 Å². The molecule has 12 nitrogen and oxygen atoms in total. The lowest BCUT2D eigenvalue weighted by molar-refractivity contribution is -0.139. The Morgan fingerprint density at radius 3 is 2.58 bits per heavy atom. The lowest BCUT2D eigenvalue weighted by Crippen LogP contribution is -2.49. The summed E-state index contributed by atoms with van der Waals surface area (Å²) in [6.45, 7) is 2.29. The predicted octanol–water partition coefficient (Wildman–Crippen LogP) is 4.88. The van der Waals surface area contributed by atoms with E-state index in [1.807, 2.05) is 30.3 Å². The van der Waals surface area contributed by atoms with Crippen LogP contribution in [0.1, 0.15) is 51.6 Å². The minimum absolute atomic E-state index is 0.0711. The SMILES string of the molecule is COc1nc(O[C@H]2CCc3c(-c4cccc(C(=O)Nc5ccc(CN6CC(O)C6)cn5)c4Cl)cccc32)c(Cl)cc1CNC[C@@H](O)CC(=O)O. The van der Waals surface area contributed by atoms with Gasteiger partial charge in [0.1, 0.15) is 16.9 Å². The molecule has 6 rings (SSSR count). The number of carbonyl (C=O) groups is 2. The Bertz CT molecular complexity index is 1870. The number of amides is 1. The van der Waals surface area contributed by atoms with Crippen LogP contribution in [0.2, 0.25) is 10.0 Å². The molecule has 2 atom stereocenters.